The van der Waals surface area contributed by atoms with Gasteiger partial charge in [-0.2, -0.15) is 0 Å². The van der Waals surface area contributed by atoms with Crippen molar-refractivity contribution in [1.29, 1.82) is 0 Å². The van der Waals surface area contributed by atoms with Crippen LogP contribution in [0.15, 0.2) is 24.3 Å². The summed E-state index contributed by atoms with van der Waals surface area (Å²) in [6.45, 7) is 3.45. The summed E-state index contributed by atoms with van der Waals surface area (Å²) < 4.78 is 0. The van der Waals surface area contributed by atoms with Gasteiger partial charge >= 0.3 is 0 Å². The highest BCUT2D eigenvalue weighted by Crippen LogP contribution is 2.13. The Morgan fingerprint density at radius 2 is 2.00 bits per heavy atom. The van der Waals surface area contributed by atoms with E-state index in [-0.39, 0.29) is 17.9 Å². The Labute approximate surface area is 125 Å². The van der Waals surface area contributed by atoms with E-state index in [1.807, 2.05) is 31.2 Å². The molecule has 0 saturated carbocycles. The summed E-state index contributed by atoms with van der Waals surface area (Å²) in [4.78, 5) is 23.6. The molecule has 5 heteroatoms. The van der Waals surface area contributed by atoms with Crippen molar-refractivity contribution < 1.29 is 9.59 Å². The standard InChI is InChI=1S/C16H23N3O2/c1-2-17-15(20)11-12-6-8-13(9-7-12)19-16(21)14-5-3-4-10-18-14/h6-9,14,18H,2-5,10-11H2,1H3,(H,17,20)(H,19,21)/t14-/m0/s1. The zero-order valence-corrected chi connectivity index (χ0v) is 12.4. The van der Waals surface area contributed by atoms with Crippen molar-refractivity contribution >= 4 is 17.5 Å². The maximum atomic E-state index is 12.1. The molecule has 0 radical (unpaired) electrons. The molecule has 2 rings (SSSR count). The Balaban J connectivity index is 1.86. The highest BCUT2D eigenvalue weighted by atomic mass is 16.2. The molecular formula is C16H23N3O2. The topological polar surface area (TPSA) is 70.2 Å². The van der Waals surface area contributed by atoms with E-state index in [4.69, 9.17) is 0 Å². The third kappa shape index (κ3) is 4.86. The Hall–Kier alpha value is -1.88. The van der Waals surface area contributed by atoms with E-state index in [1.54, 1.807) is 0 Å². The minimum Gasteiger partial charge on any atom is -0.356 e. The summed E-state index contributed by atoms with van der Waals surface area (Å²) in [6, 6.07) is 7.34. The van der Waals surface area contributed by atoms with Crippen LogP contribution in [0.25, 0.3) is 0 Å². The number of carbonyl (C=O) groups is 2. The van der Waals surface area contributed by atoms with Crippen molar-refractivity contribution in [3.05, 3.63) is 29.8 Å². The predicted molar refractivity (Wildman–Crippen MR) is 83.1 cm³/mol. The van der Waals surface area contributed by atoms with Gasteiger partial charge in [0.25, 0.3) is 0 Å². The summed E-state index contributed by atoms with van der Waals surface area (Å²) in [5, 5.41) is 8.91. The molecule has 1 saturated heterocycles. The van der Waals surface area contributed by atoms with E-state index in [0.717, 1.165) is 37.1 Å². The van der Waals surface area contributed by atoms with Gasteiger partial charge in [0.2, 0.25) is 11.8 Å². The molecule has 1 aliphatic rings. The van der Waals surface area contributed by atoms with Crippen molar-refractivity contribution in [1.82, 2.24) is 10.6 Å². The Bertz CT molecular complexity index is 479. The second kappa shape index (κ2) is 7.78. The lowest BCUT2D eigenvalue weighted by Gasteiger charge is -2.22. The smallest absolute Gasteiger partial charge is 0.241 e. The molecule has 0 spiro atoms. The molecule has 0 unspecified atom stereocenters. The number of piperidine rings is 1. The highest BCUT2D eigenvalue weighted by molar-refractivity contribution is 5.94. The average Bonchev–Trinajstić information content (AvgIpc) is 2.50. The molecule has 1 heterocycles. The quantitative estimate of drug-likeness (QED) is 0.768. The largest absolute Gasteiger partial charge is 0.356 e. The number of hydrogen-bond donors (Lipinski definition) is 3. The van der Waals surface area contributed by atoms with Gasteiger partial charge in [0.15, 0.2) is 0 Å². The third-order valence-corrected chi connectivity index (χ3v) is 3.59. The fourth-order valence-corrected chi connectivity index (χ4v) is 2.46. The number of amides is 2. The first kappa shape index (κ1) is 15.5. The zero-order chi connectivity index (χ0) is 15.1. The summed E-state index contributed by atoms with van der Waals surface area (Å²) in [5.74, 6) is 0.0341. The molecule has 1 aliphatic heterocycles. The molecule has 0 aliphatic carbocycles. The van der Waals surface area contributed by atoms with Crippen LogP contribution in [0.5, 0.6) is 0 Å². The molecule has 21 heavy (non-hydrogen) atoms. The molecule has 0 aromatic heterocycles. The second-order valence-electron chi connectivity index (χ2n) is 5.32. The van der Waals surface area contributed by atoms with Gasteiger partial charge in [0.1, 0.15) is 0 Å². The van der Waals surface area contributed by atoms with E-state index >= 15 is 0 Å². The van der Waals surface area contributed by atoms with Crippen LogP contribution in [0, 0.1) is 0 Å². The van der Waals surface area contributed by atoms with Crippen LogP contribution in [-0.2, 0) is 16.0 Å². The fourth-order valence-electron chi connectivity index (χ4n) is 2.46. The first-order valence-electron chi connectivity index (χ1n) is 7.59. The van der Waals surface area contributed by atoms with Crippen molar-refractivity contribution in [2.45, 2.75) is 38.6 Å². The van der Waals surface area contributed by atoms with Crippen LogP contribution < -0.4 is 16.0 Å². The lowest BCUT2D eigenvalue weighted by Crippen LogP contribution is -2.43. The number of benzene rings is 1. The van der Waals surface area contributed by atoms with Gasteiger partial charge in [0.05, 0.1) is 12.5 Å². The molecule has 1 aromatic carbocycles. The van der Waals surface area contributed by atoms with Crippen LogP contribution >= 0.6 is 0 Å². The van der Waals surface area contributed by atoms with Gasteiger partial charge in [-0.1, -0.05) is 18.6 Å². The monoisotopic (exact) mass is 289 g/mol. The molecule has 1 atom stereocenters. The van der Waals surface area contributed by atoms with Crippen LogP contribution in [0.1, 0.15) is 31.7 Å². The normalized spacial score (nSPS) is 18.0. The van der Waals surface area contributed by atoms with Crippen LogP contribution in [-0.4, -0.2) is 30.9 Å². The Kier molecular flexibility index (Phi) is 5.75. The molecule has 0 bridgehead atoms. The van der Waals surface area contributed by atoms with Crippen molar-refractivity contribution in [2.24, 2.45) is 0 Å². The van der Waals surface area contributed by atoms with E-state index in [9.17, 15) is 9.59 Å². The number of hydrogen-bond acceptors (Lipinski definition) is 3. The fraction of sp³-hybridized carbons (Fsp3) is 0.500. The van der Waals surface area contributed by atoms with Gasteiger partial charge in [-0.05, 0) is 44.0 Å². The van der Waals surface area contributed by atoms with Crippen LogP contribution in [0.2, 0.25) is 0 Å². The van der Waals surface area contributed by atoms with Crippen LogP contribution in [0.3, 0.4) is 0 Å². The summed E-state index contributed by atoms with van der Waals surface area (Å²) in [7, 11) is 0. The SMILES string of the molecule is CCNC(=O)Cc1ccc(NC(=O)[C@@H]2CCCCN2)cc1. The lowest BCUT2D eigenvalue weighted by molar-refractivity contribution is -0.120. The number of carbonyl (C=O) groups excluding carboxylic acids is 2. The van der Waals surface area contributed by atoms with Gasteiger partial charge < -0.3 is 16.0 Å². The molecule has 1 fully saturated rings. The van der Waals surface area contributed by atoms with Crippen LogP contribution in [0.4, 0.5) is 5.69 Å². The minimum atomic E-state index is -0.0891. The van der Waals surface area contributed by atoms with Crippen molar-refractivity contribution in [3.8, 4) is 0 Å². The van der Waals surface area contributed by atoms with E-state index in [0.29, 0.717) is 13.0 Å². The molecule has 1 aromatic rings. The van der Waals surface area contributed by atoms with Gasteiger partial charge in [0, 0.05) is 12.2 Å². The maximum Gasteiger partial charge on any atom is 0.241 e. The number of nitrogens with one attached hydrogen (secondary N) is 3. The van der Waals surface area contributed by atoms with Crippen molar-refractivity contribution in [2.75, 3.05) is 18.4 Å². The first-order valence-corrected chi connectivity index (χ1v) is 7.59. The van der Waals surface area contributed by atoms with Gasteiger partial charge in [-0.15, -0.1) is 0 Å². The number of likely N-dealkylation sites (N-methyl/N-ethyl adjacent to an activating group) is 1. The molecular weight excluding hydrogens is 266 g/mol. The molecule has 5 nitrogen and oxygen atoms in total. The lowest BCUT2D eigenvalue weighted by atomic mass is 10.0. The maximum absolute atomic E-state index is 12.1. The Morgan fingerprint density at radius 3 is 2.62 bits per heavy atom. The molecule has 114 valence electrons. The third-order valence-electron chi connectivity index (χ3n) is 3.59. The van der Waals surface area contributed by atoms with E-state index < -0.39 is 0 Å². The van der Waals surface area contributed by atoms with Gasteiger partial charge in [-0.3, -0.25) is 9.59 Å². The van der Waals surface area contributed by atoms with Crippen molar-refractivity contribution in [3.63, 3.8) is 0 Å². The number of anilines is 1. The first-order chi connectivity index (χ1) is 10.2. The summed E-state index contributed by atoms with van der Waals surface area (Å²) in [6.07, 6.45) is 3.49. The Morgan fingerprint density at radius 1 is 1.24 bits per heavy atom. The summed E-state index contributed by atoms with van der Waals surface area (Å²) in [5.41, 5.74) is 1.71. The zero-order valence-electron chi connectivity index (χ0n) is 12.4. The number of rotatable bonds is 5. The molecule has 2 amide bonds. The second-order valence-corrected chi connectivity index (χ2v) is 5.32. The van der Waals surface area contributed by atoms with E-state index in [1.165, 1.54) is 0 Å². The average molecular weight is 289 g/mol. The molecule has 3 N–H and O–H groups in total. The highest BCUT2D eigenvalue weighted by Gasteiger charge is 2.20. The summed E-state index contributed by atoms with van der Waals surface area (Å²) >= 11 is 0. The predicted octanol–water partition coefficient (Wildman–Crippen LogP) is 1.45. The minimum absolute atomic E-state index is 0.0145. The van der Waals surface area contributed by atoms with E-state index in [2.05, 4.69) is 16.0 Å². The van der Waals surface area contributed by atoms with Gasteiger partial charge in [-0.25, -0.2) is 0 Å².